The molecule has 3 heteroatoms. The summed E-state index contributed by atoms with van der Waals surface area (Å²) in [6, 6.07) is 13.9. The second-order valence-corrected chi connectivity index (χ2v) is 5.65. The van der Waals surface area contributed by atoms with E-state index in [1.807, 2.05) is 12.1 Å². The Balaban J connectivity index is 2.34. The van der Waals surface area contributed by atoms with E-state index in [0.717, 1.165) is 9.79 Å². The normalized spacial score (nSPS) is 10.1. The molecule has 0 heterocycles. The molecule has 0 saturated carbocycles. The summed E-state index contributed by atoms with van der Waals surface area (Å²) < 4.78 is 0. The summed E-state index contributed by atoms with van der Waals surface area (Å²) in [4.78, 5) is 2.07. The zero-order chi connectivity index (χ0) is 13.1. The monoisotopic (exact) mass is 273 g/mol. The average molecular weight is 274 g/mol. The number of halogens is 1. The Kier molecular flexibility index (Phi) is 3.96. The van der Waals surface area contributed by atoms with Crippen molar-refractivity contribution in [1.82, 2.24) is 0 Å². The third-order valence-corrected chi connectivity index (χ3v) is 4.07. The largest absolute Gasteiger partial charge is 0.192 e. The fraction of sp³-hybridized carbons (Fsp3) is 0.133. The highest BCUT2D eigenvalue weighted by atomic mass is 35.5. The van der Waals surface area contributed by atoms with Crippen LogP contribution in [-0.4, -0.2) is 0 Å². The first-order chi connectivity index (χ1) is 8.60. The number of hydrogen-bond donors (Lipinski definition) is 0. The molecule has 0 saturated heterocycles. The van der Waals surface area contributed by atoms with Crippen molar-refractivity contribution in [2.24, 2.45) is 0 Å². The number of benzene rings is 2. The zero-order valence-corrected chi connectivity index (χ0v) is 11.8. The van der Waals surface area contributed by atoms with Gasteiger partial charge in [0.1, 0.15) is 6.07 Å². The minimum Gasteiger partial charge on any atom is -0.192 e. The predicted octanol–water partition coefficient (Wildman–Crippen LogP) is 4.98. The van der Waals surface area contributed by atoms with E-state index in [0.29, 0.717) is 10.6 Å². The van der Waals surface area contributed by atoms with E-state index >= 15 is 0 Å². The van der Waals surface area contributed by atoms with Crippen LogP contribution in [0.2, 0.25) is 5.02 Å². The summed E-state index contributed by atoms with van der Waals surface area (Å²) >= 11 is 7.47. The van der Waals surface area contributed by atoms with Gasteiger partial charge >= 0.3 is 0 Å². The molecular formula is C15H12ClNS. The quantitative estimate of drug-likeness (QED) is 0.770. The van der Waals surface area contributed by atoms with Crippen LogP contribution in [0.5, 0.6) is 0 Å². The first-order valence-electron chi connectivity index (χ1n) is 5.55. The molecule has 0 bridgehead atoms. The lowest BCUT2D eigenvalue weighted by Crippen LogP contribution is -1.84. The highest BCUT2D eigenvalue weighted by molar-refractivity contribution is 7.99. The molecule has 0 fully saturated rings. The molecule has 0 amide bonds. The summed E-state index contributed by atoms with van der Waals surface area (Å²) in [6.45, 7) is 4.18. The van der Waals surface area contributed by atoms with E-state index in [1.54, 1.807) is 17.8 Å². The molecule has 90 valence electrons. The van der Waals surface area contributed by atoms with Gasteiger partial charge in [-0.3, -0.25) is 0 Å². The Bertz CT molecular complexity index is 629. The van der Waals surface area contributed by atoms with Crippen molar-refractivity contribution in [1.29, 1.82) is 5.26 Å². The van der Waals surface area contributed by atoms with Crippen LogP contribution in [-0.2, 0) is 0 Å². The van der Waals surface area contributed by atoms with Crippen LogP contribution in [0.15, 0.2) is 46.2 Å². The lowest BCUT2D eigenvalue weighted by molar-refractivity contribution is 1.27. The topological polar surface area (TPSA) is 23.8 Å². The molecule has 2 rings (SSSR count). The van der Waals surface area contributed by atoms with Gasteiger partial charge in [-0.25, -0.2) is 0 Å². The van der Waals surface area contributed by atoms with Crippen molar-refractivity contribution in [2.45, 2.75) is 23.6 Å². The lowest BCUT2D eigenvalue weighted by Gasteiger charge is -2.06. The van der Waals surface area contributed by atoms with Crippen LogP contribution in [0.1, 0.15) is 16.7 Å². The number of nitrogens with zero attached hydrogens (tertiary/aromatic N) is 1. The summed E-state index contributed by atoms with van der Waals surface area (Å²) in [5.74, 6) is 0. The van der Waals surface area contributed by atoms with Crippen LogP contribution < -0.4 is 0 Å². The maximum Gasteiger partial charge on any atom is 0.100 e. The minimum absolute atomic E-state index is 0.594. The molecule has 18 heavy (non-hydrogen) atoms. The summed E-state index contributed by atoms with van der Waals surface area (Å²) in [7, 11) is 0. The highest BCUT2D eigenvalue weighted by Gasteiger charge is 2.05. The molecule has 0 N–H and O–H groups in total. The molecule has 0 aliphatic rings. The average Bonchev–Trinajstić information content (AvgIpc) is 2.36. The van der Waals surface area contributed by atoms with Gasteiger partial charge in [-0.1, -0.05) is 29.4 Å². The van der Waals surface area contributed by atoms with Gasteiger partial charge in [-0.2, -0.15) is 5.26 Å². The second-order valence-electron chi connectivity index (χ2n) is 4.10. The molecule has 0 aliphatic carbocycles. The van der Waals surface area contributed by atoms with Gasteiger partial charge in [-0.15, -0.1) is 0 Å². The molecule has 0 aliphatic heterocycles. The fourth-order valence-corrected chi connectivity index (χ4v) is 2.73. The van der Waals surface area contributed by atoms with Gasteiger partial charge in [0.05, 0.1) is 5.56 Å². The van der Waals surface area contributed by atoms with Crippen LogP contribution in [0, 0.1) is 25.2 Å². The third kappa shape index (κ3) is 2.87. The van der Waals surface area contributed by atoms with Crippen LogP contribution in [0.25, 0.3) is 0 Å². The smallest absolute Gasteiger partial charge is 0.100 e. The molecule has 0 aromatic heterocycles. The van der Waals surface area contributed by atoms with Crippen molar-refractivity contribution in [3.63, 3.8) is 0 Å². The maximum absolute atomic E-state index is 9.10. The van der Waals surface area contributed by atoms with Gasteiger partial charge in [-0.05, 0) is 55.3 Å². The molecule has 0 unspecified atom stereocenters. The Hall–Kier alpha value is -1.43. The predicted molar refractivity (Wildman–Crippen MR) is 76.2 cm³/mol. The first-order valence-corrected chi connectivity index (χ1v) is 6.74. The molecule has 0 atom stereocenters. The fourth-order valence-electron chi connectivity index (χ4n) is 1.58. The second kappa shape index (κ2) is 5.48. The van der Waals surface area contributed by atoms with E-state index < -0.39 is 0 Å². The summed E-state index contributed by atoms with van der Waals surface area (Å²) in [5.41, 5.74) is 3.15. The van der Waals surface area contributed by atoms with E-state index in [1.165, 1.54) is 11.1 Å². The van der Waals surface area contributed by atoms with Gasteiger partial charge in [0.15, 0.2) is 0 Å². The molecule has 2 aromatic carbocycles. The molecule has 0 radical (unpaired) electrons. The Morgan fingerprint density at radius 3 is 2.50 bits per heavy atom. The van der Waals surface area contributed by atoms with Crippen molar-refractivity contribution in [2.75, 3.05) is 0 Å². The van der Waals surface area contributed by atoms with Crippen LogP contribution in [0.4, 0.5) is 0 Å². The molecular weight excluding hydrogens is 262 g/mol. The number of rotatable bonds is 2. The van der Waals surface area contributed by atoms with Gasteiger partial charge in [0.2, 0.25) is 0 Å². The minimum atomic E-state index is 0.594. The molecule has 1 nitrogen and oxygen atoms in total. The van der Waals surface area contributed by atoms with Crippen LogP contribution in [0.3, 0.4) is 0 Å². The zero-order valence-electron chi connectivity index (χ0n) is 10.2. The van der Waals surface area contributed by atoms with Crippen LogP contribution >= 0.6 is 23.4 Å². The SMILES string of the molecule is Cc1ccc(Sc2ccc(Cl)cc2C#N)cc1C. The number of aryl methyl sites for hydroxylation is 2. The summed E-state index contributed by atoms with van der Waals surface area (Å²) in [5, 5.41) is 9.69. The van der Waals surface area contributed by atoms with E-state index in [2.05, 4.69) is 38.1 Å². The van der Waals surface area contributed by atoms with E-state index in [-0.39, 0.29) is 0 Å². The number of hydrogen-bond acceptors (Lipinski definition) is 2. The molecule has 2 aromatic rings. The number of nitriles is 1. The Labute approximate surface area is 116 Å². The maximum atomic E-state index is 9.10. The van der Waals surface area contributed by atoms with Gasteiger partial charge in [0, 0.05) is 14.8 Å². The van der Waals surface area contributed by atoms with E-state index in [9.17, 15) is 0 Å². The first kappa shape index (κ1) is 13.0. The van der Waals surface area contributed by atoms with Crippen molar-refractivity contribution >= 4 is 23.4 Å². The van der Waals surface area contributed by atoms with Crippen molar-refractivity contribution in [3.8, 4) is 6.07 Å². The molecule has 0 spiro atoms. The van der Waals surface area contributed by atoms with Gasteiger partial charge < -0.3 is 0 Å². The highest BCUT2D eigenvalue weighted by Crippen LogP contribution is 2.32. The van der Waals surface area contributed by atoms with Crippen molar-refractivity contribution < 1.29 is 0 Å². The van der Waals surface area contributed by atoms with Gasteiger partial charge in [0.25, 0.3) is 0 Å². The summed E-state index contributed by atoms with van der Waals surface area (Å²) in [6.07, 6.45) is 0. The Morgan fingerprint density at radius 2 is 1.83 bits per heavy atom. The Morgan fingerprint density at radius 1 is 1.06 bits per heavy atom. The standard InChI is InChI=1S/C15H12ClNS/c1-10-3-5-14(7-11(10)2)18-15-6-4-13(16)8-12(15)9-17/h3-8H,1-2H3. The lowest BCUT2D eigenvalue weighted by atomic mass is 10.1. The van der Waals surface area contributed by atoms with Crippen molar-refractivity contribution in [3.05, 3.63) is 58.1 Å². The van der Waals surface area contributed by atoms with E-state index in [4.69, 9.17) is 16.9 Å². The third-order valence-electron chi connectivity index (χ3n) is 2.77.